The number of rotatable bonds is 4. The minimum atomic E-state index is 0.640. The second kappa shape index (κ2) is 6.97. The van der Waals surface area contributed by atoms with Crippen LogP contribution >= 0.6 is 0 Å². The molecule has 0 aliphatic heterocycles. The van der Waals surface area contributed by atoms with Crippen LogP contribution in [-0.4, -0.2) is 16.7 Å². The monoisotopic (exact) mass is 353 g/mol. The van der Waals surface area contributed by atoms with Crippen molar-refractivity contribution < 1.29 is 4.74 Å². The zero-order valence-electron chi connectivity index (χ0n) is 15.3. The number of nitrogens with zero attached hydrogens (tertiary/aromatic N) is 3. The van der Waals surface area contributed by atoms with E-state index in [4.69, 9.17) is 15.0 Å². The van der Waals surface area contributed by atoms with Crippen molar-refractivity contribution in [2.75, 3.05) is 7.11 Å². The fourth-order valence-corrected chi connectivity index (χ4v) is 3.19. The van der Waals surface area contributed by atoms with E-state index >= 15 is 0 Å². The van der Waals surface area contributed by atoms with Gasteiger partial charge in [0, 0.05) is 18.2 Å². The summed E-state index contributed by atoms with van der Waals surface area (Å²) in [6.07, 6.45) is 0. The van der Waals surface area contributed by atoms with Gasteiger partial charge in [-0.2, -0.15) is 5.26 Å². The highest BCUT2D eigenvalue weighted by Crippen LogP contribution is 2.28. The molecule has 0 fully saturated rings. The number of fused-ring (bicyclic) bond motifs is 1. The van der Waals surface area contributed by atoms with E-state index < -0.39 is 0 Å². The number of imidazole rings is 1. The van der Waals surface area contributed by atoms with Crippen LogP contribution in [0.3, 0.4) is 0 Å². The third-order valence-corrected chi connectivity index (χ3v) is 4.69. The Hall–Kier alpha value is -3.58. The largest absolute Gasteiger partial charge is 0.497 e. The molecule has 4 rings (SSSR count). The van der Waals surface area contributed by atoms with Gasteiger partial charge in [0.2, 0.25) is 0 Å². The second-order valence-electron chi connectivity index (χ2n) is 6.55. The topological polar surface area (TPSA) is 50.8 Å². The lowest BCUT2D eigenvalue weighted by Crippen LogP contribution is -2.02. The summed E-state index contributed by atoms with van der Waals surface area (Å²) >= 11 is 0. The molecule has 1 aromatic heterocycles. The van der Waals surface area contributed by atoms with Crippen molar-refractivity contribution in [3.8, 4) is 23.2 Å². The molecule has 0 aliphatic carbocycles. The van der Waals surface area contributed by atoms with Crippen LogP contribution in [0, 0.1) is 18.3 Å². The first-order chi connectivity index (χ1) is 13.2. The summed E-state index contributed by atoms with van der Waals surface area (Å²) in [5.74, 6) is 1.66. The lowest BCUT2D eigenvalue weighted by atomic mass is 10.1. The van der Waals surface area contributed by atoms with Crippen LogP contribution < -0.4 is 4.74 Å². The summed E-state index contributed by atoms with van der Waals surface area (Å²) in [7, 11) is 1.66. The highest BCUT2D eigenvalue weighted by molar-refractivity contribution is 5.82. The van der Waals surface area contributed by atoms with Gasteiger partial charge in [-0.05, 0) is 48.9 Å². The minimum Gasteiger partial charge on any atom is -0.497 e. The van der Waals surface area contributed by atoms with E-state index in [0.717, 1.165) is 34.7 Å². The normalized spacial score (nSPS) is 10.7. The predicted molar refractivity (Wildman–Crippen MR) is 107 cm³/mol. The van der Waals surface area contributed by atoms with Crippen molar-refractivity contribution in [2.24, 2.45) is 0 Å². The first-order valence-corrected chi connectivity index (χ1v) is 8.78. The Balaban J connectivity index is 1.87. The first kappa shape index (κ1) is 16.9. The molecule has 4 aromatic rings. The van der Waals surface area contributed by atoms with Crippen molar-refractivity contribution in [3.63, 3.8) is 0 Å². The zero-order valence-corrected chi connectivity index (χ0v) is 15.3. The highest BCUT2D eigenvalue weighted by Gasteiger charge is 2.14. The van der Waals surface area contributed by atoms with Crippen molar-refractivity contribution in [2.45, 2.75) is 13.5 Å². The third-order valence-electron chi connectivity index (χ3n) is 4.69. The van der Waals surface area contributed by atoms with Crippen molar-refractivity contribution >= 4 is 11.0 Å². The van der Waals surface area contributed by atoms with Gasteiger partial charge in [0.25, 0.3) is 0 Å². The maximum Gasteiger partial charge on any atom is 0.141 e. The van der Waals surface area contributed by atoms with E-state index in [1.165, 1.54) is 11.1 Å². The number of aryl methyl sites for hydroxylation is 1. The molecule has 3 aromatic carbocycles. The Bertz CT molecular complexity index is 1130. The minimum absolute atomic E-state index is 0.640. The Morgan fingerprint density at radius 1 is 1.00 bits per heavy atom. The molecule has 4 heteroatoms. The van der Waals surface area contributed by atoms with Crippen LogP contribution in [0.15, 0.2) is 66.7 Å². The maximum atomic E-state index is 9.06. The number of ether oxygens (including phenoxy) is 1. The maximum absolute atomic E-state index is 9.06. The molecule has 0 N–H and O–H groups in total. The van der Waals surface area contributed by atoms with Crippen LogP contribution in [0.4, 0.5) is 0 Å². The van der Waals surface area contributed by atoms with Gasteiger partial charge in [-0.3, -0.25) is 0 Å². The summed E-state index contributed by atoms with van der Waals surface area (Å²) in [4.78, 5) is 4.86. The summed E-state index contributed by atoms with van der Waals surface area (Å²) in [5.41, 5.74) is 6.02. The summed E-state index contributed by atoms with van der Waals surface area (Å²) < 4.78 is 7.56. The second-order valence-corrected chi connectivity index (χ2v) is 6.55. The van der Waals surface area contributed by atoms with Gasteiger partial charge in [0.15, 0.2) is 0 Å². The van der Waals surface area contributed by atoms with Crippen LogP contribution in [0.1, 0.15) is 16.7 Å². The average molecular weight is 353 g/mol. The van der Waals surface area contributed by atoms with Gasteiger partial charge in [-0.25, -0.2) is 4.98 Å². The molecule has 27 heavy (non-hydrogen) atoms. The Morgan fingerprint density at radius 2 is 1.74 bits per heavy atom. The number of hydrogen-bond donors (Lipinski definition) is 0. The number of benzene rings is 3. The Kier molecular flexibility index (Phi) is 4.35. The number of methoxy groups -OCH3 is 1. The fourth-order valence-electron chi connectivity index (χ4n) is 3.19. The highest BCUT2D eigenvalue weighted by atomic mass is 16.5. The molecule has 0 saturated carbocycles. The van der Waals surface area contributed by atoms with Crippen molar-refractivity contribution in [1.29, 1.82) is 5.26 Å². The standard InChI is InChI=1S/C23H19N3O/c1-16-3-5-18(6-4-16)15-26-22-12-11-20(27-2)13-21(22)25-23(26)19-9-7-17(14-24)8-10-19/h3-13H,15H2,1-2H3. The lowest BCUT2D eigenvalue weighted by Gasteiger charge is -2.10. The molecule has 4 nitrogen and oxygen atoms in total. The van der Waals surface area contributed by atoms with Crippen LogP contribution in [0.25, 0.3) is 22.4 Å². The third kappa shape index (κ3) is 3.28. The smallest absolute Gasteiger partial charge is 0.141 e. The summed E-state index contributed by atoms with van der Waals surface area (Å²) in [6.45, 7) is 2.81. The molecule has 0 unspecified atom stereocenters. The van der Waals surface area contributed by atoms with Gasteiger partial charge >= 0.3 is 0 Å². The van der Waals surface area contributed by atoms with Crippen LogP contribution in [0.2, 0.25) is 0 Å². The van der Waals surface area contributed by atoms with Gasteiger partial charge in [0.1, 0.15) is 11.6 Å². The van der Waals surface area contributed by atoms with Gasteiger partial charge in [-0.15, -0.1) is 0 Å². The Morgan fingerprint density at radius 3 is 2.41 bits per heavy atom. The van der Waals surface area contributed by atoms with Crippen LogP contribution in [-0.2, 0) is 6.54 Å². The lowest BCUT2D eigenvalue weighted by molar-refractivity contribution is 0.415. The average Bonchev–Trinajstić information content (AvgIpc) is 3.07. The summed E-state index contributed by atoms with van der Waals surface area (Å²) in [5, 5.41) is 9.06. The number of hydrogen-bond acceptors (Lipinski definition) is 3. The van der Waals surface area contributed by atoms with E-state index in [1.807, 2.05) is 42.5 Å². The SMILES string of the molecule is COc1ccc2c(c1)nc(-c1ccc(C#N)cc1)n2Cc1ccc(C)cc1. The molecular weight excluding hydrogens is 334 g/mol. The van der Waals surface area contributed by atoms with Gasteiger partial charge < -0.3 is 9.30 Å². The van der Waals surface area contributed by atoms with E-state index in [2.05, 4.69) is 41.8 Å². The molecule has 0 amide bonds. The molecule has 0 radical (unpaired) electrons. The first-order valence-electron chi connectivity index (χ1n) is 8.78. The predicted octanol–water partition coefficient (Wildman–Crippen LogP) is 4.94. The quantitative estimate of drug-likeness (QED) is 0.522. The van der Waals surface area contributed by atoms with Crippen LogP contribution in [0.5, 0.6) is 5.75 Å². The molecule has 1 heterocycles. The zero-order chi connectivity index (χ0) is 18.8. The number of nitriles is 1. The van der Waals surface area contributed by atoms with Crippen molar-refractivity contribution in [3.05, 3.63) is 83.4 Å². The molecular formula is C23H19N3O. The molecule has 0 spiro atoms. The number of aromatic nitrogens is 2. The van der Waals surface area contributed by atoms with E-state index in [-0.39, 0.29) is 0 Å². The van der Waals surface area contributed by atoms with E-state index in [9.17, 15) is 0 Å². The van der Waals surface area contributed by atoms with E-state index in [1.54, 1.807) is 7.11 Å². The molecule has 0 saturated heterocycles. The van der Waals surface area contributed by atoms with Gasteiger partial charge in [0.05, 0.1) is 29.8 Å². The molecule has 0 atom stereocenters. The molecule has 132 valence electrons. The van der Waals surface area contributed by atoms with E-state index in [0.29, 0.717) is 5.56 Å². The summed E-state index contributed by atoms with van der Waals surface area (Å²) in [6, 6.07) is 24.2. The molecule has 0 aliphatic rings. The van der Waals surface area contributed by atoms with Crippen molar-refractivity contribution in [1.82, 2.24) is 9.55 Å². The Labute approximate surface area is 158 Å². The fraction of sp³-hybridized carbons (Fsp3) is 0.130. The van der Waals surface area contributed by atoms with Gasteiger partial charge in [-0.1, -0.05) is 29.8 Å². The molecule has 0 bridgehead atoms.